The number of pyridine rings is 1. The fourth-order valence-electron chi connectivity index (χ4n) is 2.71. The Bertz CT molecular complexity index is 937. The molecule has 1 N–H and O–H groups in total. The fraction of sp³-hybridized carbons (Fsp3) is 0.111. The zero-order chi connectivity index (χ0) is 14.2. The van der Waals surface area contributed by atoms with E-state index in [-0.39, 0.29) is 0 Å². The number of hydrogen-bond acceptors (Lipinski definition) is 2. The normalized spacial score (nSPS) is 11.3. The molecule has 102 valence electrons. The van der Waals surface area contributed by atoms with Gasteiger partial charge in [-0.25, -0.2) is 9.97 Å². The van der Waals surface area contributed by atoms with Gasteiger partial charge >= 0.3 is 0 Å². The second-order valence-electron chi connectivity index (χ2n) is 5.37. The first-order valence-electron chi connectivity index (χ1n) is 7.07. The molecule has 0 radical (unpaired) electrons. The van der Waals surface area contributed by atoms with Gasteiger partial charge in [-0.2, -0.15) is 0 Å². The zero-order valence-electron chi connectivity index (χ0n) is 11.8. The molecule has 3 nitrogen and oxygen atoms in total. The number of nitrogens with one attached hydrogen (secondary N) is 1. The number of fused-ring (bicyclic) bond motifs is 2. The van der Waals surface area contributed by atoms with Crippen LogP contribution in [-0.4, -0.2) is 15.0 Å². The molecule has 0 aliphatic carbocycles. The molecular weight excluding hydrogens is 258 g/mol. The number of aromatic amines is 1. The zero-order valence-corrected chi connectivity index (χ0v) is 11.8. The van der Waals surface area contributed by atoms with Crippen LogP contribution < -0.4 is 0 Å². The van der Waals surface area contributed by atoms with E-state index in [0.29, 0.717) is 0 Å². The van der Waals surface area contributed by atoms with Crippen LogP contribution in [0, 0.1) is 6.92 Å². The minimum Gasteiger partial charge on any atom is -0.340 e. The van der Waals surface area contributed by atoms with Crippen LogP contribution >= 0.6 is 0 Å². The lowest BCUT2D eigenvalue weighted by Gasteiger charge is -2.02. The summed E-state index contributed by atoms with van der Waals surface area (Å²) < 4.78 is 0. The molecule has 0 atom stereocenters. The van der Waals surface area contributed by atoms with E-state index in [9.17, 15) is 0 Å². The third kappa shape index (κ3) is 2.17. The van der Waals surface area contributed by atoms with Gasteiger partial charge in [0.25, 0.3) is 0 Å². The topological polar surface area (TPSA) is 41.6 Å². The van der Waals surface area contributed by atoms with Gasteiger partial charge < -0.3 is 4.98 Å². The number of aryl methyl sites for hydroxylation is 1. The highest BCUT2D eigenvalue weighted by Crippen LogP contribution is 2.19. The summed E-state index contributed by atoms with van der Waals surface area (Å²) in [4.78, 5) is 12.3. The monoisotopic (exact) mass is 273 g/mol. The second kappa shape index (κ2) is 4.70. The van der Waals surface area contributed by atoms with Crippen LogP contribution in [0.1, 0.15) is 17.0 Å². The van der Waals surface area contributed by atoms with Crippen molar-refractivity contribution in [2.45, 2.75) is 13.3 Å². The standard InChI is InChI=1S/C18H15N3/c1-12-8-9-19-18-17(12)20-16(21-18)11-13-6-7-14-4-2-3-5-15(14)10-13/h2-10H,11H2,1H3,(H,19,20,21). The first-order chi connectivity index (χ1) is 10.3. The molecule has 0 amide bonds. The number of benzene rings is 2. The highest BCUT2D eigenvalue weighted by atomic mass is 15.0. The molecule has 0 aliphatic heterocycles. The van der Waals surface area contributed by atoms with Crippen LogP contribution in [0.15, 0.2) is 54.7 Å². The molecule has 2 heterocycles. The third-order valence-electron chi connectivity index (χ3n) is 3.83. The lowest BCUT2D eigenvalue weighted by molar-refractivity contribution is 1.04. The number of nitrogens with zero attached hydrogens (tertiary/aromatic N) is 2. The molecule has 3 heteroatoms. The van der Waals surface area contributed by atoms with Gasteiger partial charge in [-0.05, 0) is 34.9 Å². The van der Waals surface area contributed by atoms with Crippen molar-refractivity contribution in [2.24, 2.45) is 0 Å². The molecule has 4 rings (SSSR count). The Morgan fingerprint density at radius 1 is 1.00 bits per heavy atom. The largest absolute Gasteiger partial charge is 0.340 e. The van der Waals surface area contributed by atoms with E-state index >= 15 is 0 Å². The van der Waals surface area contributed by atoms with E-state index in [2.05, 4.69) is 64.3 Å². The summed E-state index contributed by atoms with van der Waals surface area (Å²) >= 11 is 0. The van der Waals surface area contributed by atoms with E-state index in [4.69, 9.17) is 0 Å². The van der Waals surface area contributed by atoms with Crippen LogP contribution in [-0.2, 0) is 6.42 Å². The van der Waals surface area contributed by atoms with E-state index in [0.717, 1.165) is 23.4 Å². The molecule has 0 spiro atoms. The highest BCUT2D eigenvalue weighted by Gasteiger charge is 2.07. The molecule has 21 heavy (non-hydrogen) atoms. The minimum absolute atomic E-state index is 0.792. The first kappa shape index (κ1) is 12.1. The molecule has 0 bridgehead atoms. The van der Waals surface area contributed by atoms with Gasteiger partial charge in [0.05, 0.1) is 5.52 Å². The quantitative estimate of drug-likeness (QED) is 0.599. The number of rotatable bonds is 2. The molecule has 0 saturated heterocycles. The molecule has 0 saturated carbocycles. The number of hydrogen-bond donors (Lipinski definition) is 1. The van der Waals surface area contributed by atoms with Crippen molar-refractivity contribution in [3.63, 3.8) is 0 Å². The molecular formula is C18H15N3. The third-order valence-corrected chi connectivity index (χ3v) is 3.83. The van der Waals surface area contributed by atoms with E-state index in [1.54, 1.807) is 6.20 Å². The predicted molar refractivity (Wildman–Crippen MR) is 85.4 cm³/mol. The van der Waals surface area contributed by atoms with Gasteiger partial charge in [-0.1, -0.05) is 42.5 Å². The highest BCUT2D eigenvalue weighted by molar-refractivity contribution is 5.83. The Hall–Kier alpha value is -2.68. The van der Waals surface area contributed by atoms with Crippen molar-refractivity contribution in [2.75, 3.05) is 0 Å². The molecule has 2 aromatic carbocycles. The van der Waals surface area contributed by atoms with Crippen LogP contribution in [0.5, 0.6) is 0 Å². The summed E-state index contributed by atoms with van der Waals surface area (Å²) in [6.45, 7) is 2.07. The van der Waals surface area contributed by atoms with Crippen LogP contribution in [0.25, 0.3) is 21.9 Å². The Kier molecular flexibility index (Phi) is 2.71. The van der Waals surface area contributed by atoms with Crippen molar-refractivity contribution in [1.82, 2.24) is 15.0 Å². The number of aromatic nitrogens is 3. The molecule has 2 aromatic heterocycles. The van der Waals surface area contributed by atoms with Gasteiger partial charge in [-0.15, -0.1) is 0 Å². The SMILES string of the molecule is Cc1ccnc2nc(Cc3ccc4ccccc4c3)[nH]c12. The van der Waals surface area contributed by atoms with Crippen molar-refractivity contribution in [3.05, 3.63) is 71.7 Å². The van der Waals surface area contributed by atoms with Crippen molar-refractivity contribution >= 4 is 21.9 Å². The van der Waals surface area contributed by atoms with Crippen LogP contribution in [0.3, 0.4) is 0 Å². The van der Waals surface area contributed by atoms with Gasteiger partial charge in [0, 0.05) is 12.6 Å². The summed E-state index contributed by atoms with van der Waals surface area (Å²) in [5, 5.41) is 2.53. The second-order valence-corrected chi connectivity index (χ2v) is 5.37. The Labute approximate surface area is 122 Å². The molecule has 0 unspecified atom stereocenters. The van der Waals surface area contributed by atoms with Crippen LogP contribution in [0.4, 0.5) is 0 Å². The first-order valence-corrected chi connectivity index (χ1v) is 7.07. The average Bonchev–Trinajstić information content (AvgIpc) is 2.91. The van der Waals surface area contributed by atoms with Crippen molar-refractivity contribution in [1.29, 1.82) is 0 Å². The Morgan fingerprint density at radius 3 is 2.71 bits per heavy atom. The number of imidazole rings is 1. The van der Waals surface area contributed by atoms with Crippen molar-refractivity contribution < 1.29 is 0 Å². The summed E-state index contributed by atoms with van der Waals surface area (Å²) in [6.07, 6.45) is 2.60. The van der Waals surface area contributed by atoms with Gasteiger partial charge in [0.2, 0.25) is 0 Å². The summed E-state index contributed by atoms with van der Waals surface area (Å²) in [6, 6.07) is 17.0. The fourth-order valence-corrected chi connectivity index (χ4v) is 2.71. The summed E-state index contributed by atoms with van der Waals surface area (Å²) in [5.41, 5.74) is 4.27. The van der Waals surface area contributed by atoms with Gasteiger partial charge in [0.1, 0.15) is 5.82 Å². The summed E-state index contributed by atoms with van der Waals surface area (Å²) in [7, 11) is 0. The average molecular weight is 273 g/mol. The van der Waals surface area contributed by atoms with Crippen LogP contribution in [0.2, 0.25) is 0 Å². The maximum atomic E-state index is 4.58. The smallest absolute Gasteiger partial charge is 0.177 e. The van der Waals surface area contributed by atoms with E-state index in [1.807, 2.05) is 6.07 Å². The maximum absolute atomic E-state index is 4.58. The Morgan fingerprint density at radius 2 is 1.86 bits per heavy atom. The van der Waals surface area contributed by atoms with E-state index < -0.39 is 0 Å². The van der Waals surface area contributed by atoms with Gasteiger partial charge in [0.15, 0.2) is 5.65 Å². The predicted octanol–water partition coefficient (Wildman–Crippen LogP) is 4.01. The molecule has 4 aromatic rings. The van der Waals surface area contributed by atoms with E-state index in [1.165, 1.54) is 21.9 Å². The minimum atomic E-state index is 0.792. The molecule has 0 aliphatic rings. The lowest BCUT2D eigenvalue weighted by Crippen LogP contribution is -1.90. The Balaban J connectivity index is 1.73. The van der Waals surface area contributed by atoms with Crippen molar-refractivity contribution in [3.8, 4) is 0 Å². The summed E-state index contributed by atoms with van der Waals surface area (Å²) in [5.74, 6) is 0.960. The van der Waals surface area contributed by atoms with Gasteiger partial charge in [-0.3, -0.25) is 0 Å². The molecule has 0 fully saturated rings. The maximum Gasteiger partial charge on any atom is 0.177 e. The lowest BCUT2D eigenvalue weighted by atomic mass is 10.1. The number of H-pyrrole nitrogens is 1.